The first-order valence-electron chi connectivity index (χ1n) is 4.42. The molecular weight excluding hydrogens is 170 g/mol. The summed E-state index contributed by atoms with van der Waals surface area (Å²) in [7, 11) is 0. The van der Waals surface area contributed by atoms with Crippen LogP contribution in [0, 0.1) is 0 Å². The highest BCUT2D eigenvalue weighted by Crippen LogP contribution is 2.31. The lowest BCUT2D eigenvalue weighted by Gasteiger charge is -2.32. The maximum atomic E-state index is 5.75. The van der Waals surface area contributed by atoms with Crippen molar-refractivity contribution in [2.24, 2.45) is 5.73 Å². The summed E-state index contributed by atoms with van der Waals surface area (Å²) >= 11 is 0. The molecule has 72 valence electrons. The average molecular weight is 183 g/mol. The van der Waals surface area contributed by atoms with E-state index in [0.717, 1.165) is 26.1 Å². The van der Waals surface area contributed by atoms with Gasteiger partial charge in [0.1, 0.15) is 0 Å². The molecule has 0 spiro atoms. The van der Waals surface area contributed by atoms with Gasteiger partial charge in [0.25, 0.3) is 0 Å². The van der Waals surface area contributed by atoms with Crippen LogP contribution in [0.5, 0.6) is 0 Å². The molecule has 2 rings (SSSR count). The predicted octanol–water partition coefficient (Wildman–Crippen LogP) is 0.0765. The van der Waals surface area contributed by atoms with Crippen molar-refractivity contribution in [3.8, 4) is 0 Å². The lowest BCUT2D eigenvalue weighted by Crippen LogP contribution is -2.40. The van der Waals surface area contributed by atoms with E-state index in [0.29, 0.717) is 12.4 Å². The van der Waals surface area contributed by atoms with Gasteiger partial charge in [-0.05, 0) is 12.8 Å². The molecule has 13 heavy (non-hydrogen) atoms. The van der Waals surface area contributed by atoms with Crippen molar-refractivity contribution in [3.05, 3.63) is 12.2 Å². The summed E-state index contributed by atoms with van der Waals surface area (Å²) in [4.78, 5) is 4.07. The molecule has 1 aliphatic heterocycles. The van der Waals surface area contributed by atoms with Crippen LogP contribution in [0.3, 0.4) is 0 Å². The number of hydrogen-bond donors (Lipinski definition) is 1. The fraction of sp³-hybridized carbons (Fsp3) is 0.750. The van der Waals surface area contributed by atoms with E-state index in [1.165, 1.54) is 6.33 Å². The van der Waals surface area contributed by atoms with E-state index in [-0.39, 0.29) is 5.41 Å². The number of aromatic nitrogens is 2. The van der Waals surface area contributed by atoms with Gasteiger partial charge in [-0.25, -0.2) is 0 Å². The first-order chi connectivity index (χ1) is 6.37. The molecule has 2 heterocycles. The topological polar surface area (TPSA) is 74.2 Å². The summed E-state index contributed by atoms with van der Waals surface area (Å²) < 4.78 is 10.3. The van der Waals surface area contributed by atoms with Crippen LogP contribution in [-0.2, 0) is 10.2 Å². The van der Waals surface area contributed by atoms with Gasteiger partial charge >= 0.3 is 0 Å². The standard InChI is InChI=1S/C8H13N3O2/c9-5-8(1-3-12-4-2-8)7-10-6-11-13-7/h6H,1-5,9H2. The third-order valence-corrected chi connectivity index (χ3v) is 2.66. The molecule has 1 aromatic heterocycles. The second-order valence-electron chi connectivity index (χ2n) is 3.34. The molecule has 0 aliphatic carbocycles. The molecule has 0 saturated carbocycles. The number of hydrogen-bond acceptors (Lipinski definition) is 5. The van der Waals surface area contributed by atoms with Gasteiger partial charge in [-0.15, -0.1) is 0 Å². The fourth-order valence-corrected chi connectivity index (χ4v) is 1.67. The van der Waals surface area contributed by atoms with E-state index in [4.69, 9.17) is 15.0 Å². The van der Waals surface area contributed by atoms with E-state index in [1.807, 2.05) is 0 Å². The van der Waals surface area contributed by atoms with Crippen molar-refractivity contribution in [2.75, 3.05) is 19.8 Å². The Morgan fingerprint density at radius 3 is 2.77 bits per heavy atom. The predicted molar refractivity (Wildman–Crippen MR) is 45.1 cm³/mol. The summed E-state index contributed by atoms with van der Waals surface area (Å²) in [5.74, 6) is 0.651. The van der Waals surface area contributed by atoms with Crippen LogP contribution in [-0.4, -0.2) is 29.9 Å². The Morgan fingerprint density at radius 1 is 1.46 bits per heavy atom. The molecule has 0 atom stereocenters. The van der Waals surface area contributed by atoms with Crippen molar-refractivity contribution in [3.63, 3.8) is 0 Å². The minimum Gasteiger partial charge on any atom is -0.381 e. The highest BCUT2D eigenvalue weighted by Gasteiger charge is 2.37. The summed E-state index contributed by atoms with van der Waals surface area (Å²) in [6, 6.07) is 0. The highest BCUT2D eigenvalue weighted by molar-refractivity contribution is 5.05. The van der Waals surface area contributed by atoms with Crippen molar-refractivity contribution in [2.45, 2.75) is 18.3 Å². The molecule has 1 fully saturated rings. The quantitative estimate of drug-likeness (QED) is 0.702. The van der Waals surface area contributed by atoms with Crippen LogP contribution in [0.1, 0.15) is 18.7 Å². The second kappa shape index (κ2) is 3.43. The Hall–Kier alpha value is -0.940. The molecule has 2 N–H and O–H groups in total. The van der Waals surface area contributed by atoms with Crippen LogP contribution < -0.4 is 5.73 Å². The first-order valence-corrected chi connectivity index (χ1v) is 4.42. The molecule has 0 aromatic carbocycles. The molecule has 0 bridgehead atoms. The maximum Gasteiger partial charge on any atom is 0.234 e. The Morgan fingerprint density at radius 2 is 2.23 bits per heavy atom. The largest absolute Gasteiger partial charge is 0.381 e. The first kappa shape index (κ1) is 8.65. The number of nitrogens with two attached hydrogens (primary N) is 1. The van der Waals surface area contributed by atoms with Crippen LogP contribution >= 0.6 is 0 Å². The Kier molecular flexibility index (Phi) is 2.28. The third-order valence-electron chi connectivity index (χ3n) is 2.66. The van der Waals surface area contributed by atoms with Crippen LogP contribution in [0.4, 0.5) is 0 Å². The molecular formula is C8H13N3O2. The zero-order valence-corrected chi connectivity index (χ0v) is 7.40. The minimum atomic E-state index is -0.144. The van der Waals surface area contributed by atoms with Crippen LogP contribution in [0.15, 0.2) is 10.9 Å². The normalized spacial score (nSPS) is 21.6. The molecule has 1 aromatic rings. The highest BCUT2D eigenvalue weighted by atomic mass is 16.5. The third kappa shape index (κ3) is 1.45. The Labute approximate surface area is 76.3 Å². The summed E-state index contributed by atoms with van der Waals surface area (Å²) in [6.45, 7) is 1.98. The van der Waals surface area contributed by atoms with Crippen molar-refractivity contribution >= 4 is 0 Å². The Balaban J connectivity index is 2.23. The number of ether oxygens (including phenoxy) is 1. The van der Waals surface area contributed by atoms with Crippen molar-refractivity contribution < 1.29 is 9.26 Å². The monoisotopic (exact) mass is 183 g/mol. The minimum absolute atomic E-state index is 0.144. The SMILES string of the molecule is NCC1(c2ncno2)CCOCC1. The van der Waals surface area contributed by atoms with Gasteiger partial charge in [0.15, 0.2) is 6.33 Å². The summed E-state index contributed by atoms with van der Waals surface area (Å²) in [5, 5.41) is 3.61. The number of rotatable bonds is 2. The van der Waals surface area contributed by atoms with Gasteiger partial charge in [0.05, 0.1) is 5.41 Å². The second-order valence-corrected chi connectivity index (χ2v) is 3.34. The van der Waals surface area contributed by atoms with Crippen molar-refractivity contribution in [1.82, 2.24) is 10.1 Å². The van der Waals surface area contributed by atoms with Crippen molar-refractivity contribution in [1.29, 1.82) is 0 Å². The van der Waals surface area contributed by atoms with Gasteiger partial charge in [0, 0.05) is 19.8 Å². The van der Waals surface area contributed by atoms with Gasteiger partial charge < -0.3 is 15.0 Å². The molecule has 1 aliphatic rings. The van der Waals surface area contributed by atoms with Gasteiger partial charge in [-0.3, -0.25) is 0 Å². The smallest absolute Gasteiger partial charge is 0.234 e. The zero-order chi connectivity index (χ0) is 9.15. The molecule has 0 unspecified atom stereocenters. The summed E-state index contributed by atoms with van der Waals surface area (Å²) in [5.41, 5.74) is 5.60. The van der Waals surface area contributed by atoms with E-state index >= 15 is 0 Å². The molecule has 5 heteroatoms. The van der Waals surface area contributed by atoms with Gasteiger partial charge in [-0.1, -0.05) is 5.16 Å². The Bertz CT molecular complexity index is 254. The van der Waals surface area contributed by atoms with E-state index in [9.17, 15) is 0 Å². The van der Waals surface area contributed by atoms with E-state index in [2.05, 4.69) is 10.1 Å². The average Bonchev–Trinajstić information content (AvgIpc) is 2.72. The van der Waals surface area contributed by atoms with E-state index < -0.39 is 0 Å². The molecule has 0 amide bonds. The van der Waals surface area contributed by atoms with Crippen LogP contribution in [0.2, 0.25) is 0 Å². The van der Waals surface area contributed by atoms with Crippen LogP contribution in [0.25, 0.3) is 0 Å². The van der Waals surface area contributed by atoms with Gasteiger partial charge in [0.2, 0.25) is 5.89 Å². The molecule has 5 nitrogen and oxygen atoms in total. The lowest BCUT2D eigenvalue weighted by atomic mass is 9.80. The summed E-state index contributed by atoms with van der Waals surface area (Å²) in [6.07, 6.45) is 3.15. The fourth-order valence-electron chi connectivity index (χ4n) is 1.67. The molecule has 0 radical (unpaired) electrons. The zero-order valence-electron chi connectivity index (χ0n) is 7.40. The maximum absolute atomic E-state index is 5.75. The van der Waals surface area contributed by atoms with Gasteiger partial charge in [-0.2, -0.15) is 4.98 Å². The number of nitrogens with zero attached hydrogens (tertiary/aromatic N) is 2. The van der Waals surface area contributed by atoms with E-state index in [1.54, 1.807) is 0 Å². The molecule has 1 saturated heterocycles. The lowest BCUT2D eigenvalue weighted by molar-refractivity contribution is 0.0409.